The molecule has 0 spiro atoms. The standard InChI is InChI=1S/C26H37N5O2.C16H24N2O/c1-5-11-30-17-19(25(32)31(26(33)27-6-2)13-8-12-29(3)4)14-21-20-9-7-10-22-24(20)18(16-28-22)15-23(21)30;1-3-9-18(10-4-2)11-8-13-6-5-7-15-14(13)12-16(19)17-15/h5,7,9-10,16,19,21,23,28H,1,6,8,11-15,17H2,2-4H3,(H,27,33);5-7H,3-4,8-12H2,1-2H3,(H,17,19)/t19-,21-,23-;/m1./s1. The second-order valence-corrected chi connectivity index (χ2v) is 14.9. The number of nitrogens with one attached hydrogen (secondary N) is 3. The summed E-state index contributed by atoms with van der Waals surface area (Å²) < 4.78 is 0. The number of amides is 4. The van der Waals surface area contributed by atoms with E-state index in [0.29, 0.717) is 32.1 Å². The summed E-state index contributed by atoms with van der Waals surface area (Å²) in [6.45, 7) is 16.9. The first kappa shape index (κ1) is 39.2. The lowest BCUT2D eigenvalue weighted by Crippen LogP contribution is -2.55. The van der Waals surface area contributed by atoms with E-state index in [0.717, 1.165) is 56.5 Å². The number of carbonyl (C=O) groups excluding carboxylic acids is 3. The Hall–Kier alpha value is -3.99. The minimum Gasteiger partial charge on any atom is -0.361 e. The van der Waals surface area contributed by atoms with Gasteiger partial charge in [-0.15, -0.1) is 6.58 Å². The quantitative estimate of drug-likeness (QED) is 0.166. The number of aromatic nitrogens is 1. The SMILES string of the molecule is C=CCN1C[C@H](C(=O)N(CCCN(C)C)C(=O)NCC)C[C@@H]2c3cccc4[nH]cc(c34)C[C@H]21.CCCN(CCC)CCc1cccc2c1CC(=O)N2. The molecule has 10 nitrogen and oxygen atoms in total. The number of benzene rings is 2. The third kappa shape index (κ3) is 9.32. The van der Waals surface area contributed by atoms with Gasteiger partial charge in [0.1, 0.15) is 0 Å². The highest BCUT2D eigenvalue weighted by Gasteiger charge is 2.44. The summed E-state index contributed by atoms with van der Waals surface area (Å²) in [6, 6.07) is 12.7. The van der Waals surface area contributed by atoms with Crippen molar-refractivity contribution in [2.75, 3.05) is 71.8 Å². The number of fused-ring (bicyclic) bond motifs is 3. The number of piperidine rings is 1. The zero-order chi connectivity index (χ0) is 37.2. The van der Waals surface area contributed by atoms with Crippen molar-refractivity contribution in [1.29, 1.82) is 0 Å². The van der Waals surface area contributed by atoms with Crippen molar-refractivity contribution in [3.63, 3.8) is 0 Å². The highest BCUT2D eigenvalue weighted by molar-refractivity contribution is 5.99. The van der Waals surface area contributed by atoms with E-state index in [1.807, 2.05) is 39.2 Å². The Morgan fingerprint density at radius 3 is 2.50 bits per heavy atom. The van der Waals surface area contributed by atoms with Crippen LogP contribution in [0.1, 0.15) is 74.6 Å². The number of aromatic amines is 1. The van der Waals surface area contributed by atoms with Crippen molar-refractivity contribution in [1.82, 2.24) is 29.9 Å². The lowest BCUT2D eigenvalue weighted by Gasteiger charge is -2.47. The highest BCUT2D eigenvalue weighted by Crippen LogP contribution is 2.45. The first-order chi connectivity index (χ1) is 25.2. The molecule has 3 aromatic rings. The van der Waals surface area contributed by atoms with Crippen LogP contribution in [0.15, 0.2) is 55.3 Å². The third-order valence-electron chi connectivity index (χ3n) is 10.8. The van der Waals surface area contributed by atoms with Crippen LogP contribution >= 0.6 is 0 Å². The second-order valence-electron chi connectivity index (χ2n) is 14.9. The molecule has 1 fully saturated rings. The number of anilines is 1. The van der Waals surface area contributed by atoms with E-state index < -0.39 is 0 Å². The first-order valence-corrected chi connectivity index (χ1v) is 19.5. The van der Waals surface area contributed by atoms with Crippen molar-refractivity contribution in [2.45, 2.75) is 77.7 Å². The average Bonchev–Trinajstić information content (AvgIpc) is 3.73. The number of hydrogen-bond acceptors (Lipinski definition) is 6. The van der Waals surface area contributed by atoms with Crippen LogP contribution in [0.2, 0.25) is 0 Å². The molecule has 2 aliphatic heterocycles. The summed E-state index contributed by atoms with van der Waals surface area (Å²) in [6.07, 6.45) is 10.6. The van der Waals surface area contributed by atoms with Gasteiger partial charge in [0.25, 0.3) is 0 Å². The van der Waals surface area contributed by atoms with Gasteiger partial charge in [-0.3, -0.25) is 19.4 Å². The van der Waals surface area contributed by atoms with E-state index in [4.69, 9.17) is 0 Å². The fourth-order valence-corrected chi connectivity index (χ4v) is 8.47. The number of likely N-dealkylation sites (tertiary alicyclic amines) is 1. The minimum absolute atomic E-state index is 0.0562. The molecular formula is C42H61N7O3. The van der Waals surface area contributed by atoms with E-state index in [9.17, 15) is 14.4 Å². The Morgan fingerprint density at radius 2 is 1.79 bits per heavy atom. The molecule has 0 radical (unpaired) electrons. The molecule has 282 valence electrons. The van der Waals surface area contributed by atoms with Crippen LogP contribution in [0.25, 0.3) is 10.9 Å². The smallest absolute Gasteiger partial charge is 0.324 e. The molecule has 1 aromatic heterocycles. The van der Waals surface area contributed by atoms with Gasteiger partial charge in [-0.2, -0.15) is 0 Å². The fourth-order valence-electron chi connectivity index (χ4n) is 8.47. The third-order valence-corrected chi connectivity index (χ3v) is 10.8. The lowest BCUT2D eigenvalue weighted by molar-refractivity contribution is -0.135. The monoisotopic (exact) mass is 711 g/mol. The van der Waals surface area contributed by atoms with E-state index in [1.54, 1.807) is 0 Å². The molecular weight excluding hydrogens is 651 g/mol. The Balaban J connectivity index is 0.000000233. The van der Waals surface area contributed by atoms with E-state index in [-0.39, 0.29) is 29.7 Å². The summed E-state index contributed by atoms with van der Waals surface area (Å²) in [4.78, 5) is 49.9. The Bertz CT molecular complexity index is 1680. The van der Waals surface area contributed by atoms with Crippen LogP contribution in [0.4, 0.5) is 10.5 Å². The van der Waals surface area contributed by atoms with Crippen molar-refractivity contribution >= 4 is 34.4 Å². The van der Waals surface area contributed by atoms with Gasteiger partial charge >= 0.3 is 6.03 Å². The number of rotatable bonds is 15. The second kappa shape index (κ2) is 18.7. The average molecular weight is 712 g/mol. The molecule has 3 atom stereocenters. The molecule has 10 heteroatoms. The van der Waals surface area contributed by atoms with Gasteiger partial charge in [-0.1, -0.05) is 44.2 Å². The topological polar surface area (TPSA) is 104 Å². The Morgan fingerprint density at radius 1 is 1.02 bits per heavy atom. The molecule has 6 rings (SSSR count). The zero-order valence-corrected chi connectivity index (χ0v) is 32.2. The highest BCUT2D eigenvalue weighted by atomic mass is 16.2. The molecule has 4 amide bonds. The summed E-state index contributed by atoms with van der Waals surface area (Å²) >= 11 is 0. The normalized spacial score (nSPS) is 19.1. The number of H-pyrrole nitrogens is 1. The maximum absolute atomic E-state index is 13.7. The molecule has 52 heavy (non-hydrogen) atoms. The number of carbonyl (C=O) groups is 3. The predicted molar refractivity (Wildman–Crippen MR) is 212 cm³/mol. The van der Waals surface area contributed by atoms with Gasteiger partial charge in [-0.05, 0) is 114 Å². The number of imide groups is 1. The molecule has 1 aliphatic carbocycles. The van der Waals surface area contributed by atoms with E-state index in [2.05, 4.69) is 81.2 Å². The molecule has 3 N–H and O–H groups in total. The summed E-state index contributed by atoms with van der Waals surface area (Å²) in [5, 5.41) is 7.08. The molecule has 2 aromatic carbocycles. The van der Waals surface area contributed by atoms with E-state index >= 15 is 0 Å². The molecule has 1 saturated heterocycles. The maximum Gasteiger partial charge on any atom is 0.324 e. The molecule has 0 unspecified atom stereocenters. The van der Waals surface area contributed by atoms with Gasteiger partial charge in [-0.25, -0.2) is 4.79 Å². The van der Waals surface area contributed by atoms with Gasteiger partial charge in [0, 0.05) is 67.5 Å². The van der Waals surface area contributed by atoms with Gasteiger partial charge in [0.15, 0.2) is 0 Å². The Kier molecular flexibility index (Phi) is 14.1. The number of urea groups is 1. The summed E-state index contributed by atoms with van der Waals surface area (Å²) in [7, 11) is 4.01. The molecule has 3 heterocycles. The zero-order valence-electron chi connectivity index (χ0n) is 32.2. The molecule has 3 aliphatic rings. The number of nitrogens with zero attached hydrogens (tertiary/aromatic N) is 4. The fraction of sp³-hybridized carbons (Fsp3) is 0.548. The minimum atomic E-state index is -0.280. The van der Waals surface area contributed by atoms with Crippen molar-refractivity contribution in [3.8, 4) is 0 Å². The molecule has 0 bridgehead atoms. The van der Waals surface area contributed by atoms with Gasteiger partial charge in [0.05, 0.1) is 12.3 Å². The van der Waals surface area contributed by atoms with Crippen LogP contribution in [-0.4, -0.2) is 115 Å². The first-order valence-electron chi connectivity index (χ1n) is 19.5. The van der Waals surface area contributed by atoms with Crippen LogP contribution in [0.5, 0.6) is 0 Å². The summed E-state index contributed by atoms with van der Waals surface area (Å²) in [5.74, 6) is 0.113. The van der Waals surface area contributed by atoms with Crippen LogP contribution < -0.4 is 10.6 Å². The number of hydrogen-bond donors (Lipinski definition) is 3. The van der Waals surface area contributed by atoms with E-state index in [1.165, 1.54) is 58.5 Å². The Labute approximate surface area is 311 Å². The van der Waals surface area contributed by atoms with Gasteiger partial charge in [0.2, 0.25) is 11.8 Å². The lowest BCUT2D eigenvalue weighted by atomic mass is 9.72. The molecule has 0 saturated carbocycles. The van der Waals surface area contributed by atoms with Crippen LogP contribution in [-0.2, 0) is 28.9 Å². The van der Waals surface area contributed by atoms with Crippen molar-refractivity contribution in [2.24, 2.45) is 5.92 Å². The predicted octanol–water partition coefficient (Wildman–Crippen LogP) is 6.04. The van der Waals surface area contributed by atoms with Crippen molar-refractivity contribution in [3.05, 3.63) is 77.5 Å². The van der Waals surface area contributed by atoms with Gasteiger partial charge < -0.3 is 25.4 Å². The largest absolute Gasteiger partial charge is 0.361 e. The van der Waals surface area contributed by atoms with Crippen molar-refractivity contribution < 1.29 is 14.4 Å². The van der Waals surface area contributed by atoms with Crippen LogP contribution in [0.3, 0.4) is 0 Å². The maximum atomic E-state index is 13.7. The summed E-state index contributed by atoms with van der Waals surface area (Å²) in [5.41, 5.74) is 7.39. The van der Waals surface area contributed by atoms with Crippen LogP contribution in [0, 0.1) is 5.92 Å².